The van der Waals surface area contributed by atoms with Crippen LogP contribution in [0.3, 0.4) is 0 Å². The molecule has 0 radical (unpaired) electrons. The summed E-state index contributed by atoms with van der Waals surface area (Å²) in [5, 5.41) is 12.6. The van der Waals surface area contributed by atoms with Crippen LogP contribution in [0.5, 0.6) is 5.75 Å². The van der Waals surface area contributed by atoms with Crippen molar-refractivity contribution in [2.75, 3.05) is 10.6 Å². The summed E-state index contributed by atoms with van der Waals surface area (Å²) >= 11 is 7.89. The fourth-order valence-electron chi connectivity index (χ4n) is 5.41. The number of anilines is 2. The zero-order valence-corrected chi connectivity index (χ0v) is 27.2. The smallest absolute Gasteiger partial charge is 0.255 e. The normalized spacial score (nSPS) is 14.1. The first-order valence-corrected chi connectivity index (χ1v) is 16.1. The largest absolute Gasteiger partial charge is 0.489 e. The molecule has 7 nitrogen and oxygen atoms in total. The van der Waals surface area contributed by atoms with E-state index >= 15 is 0 Å². The molecule has 0 saturated heterocycles. The molecule has 6 rings (SSSR count). The molecule has 4 aromatic carbocycles. The molecular weight excluding hydrogens is 602 g/mol. The van der Waals surface area contributed by atoms with Gasteiger partial charge in [0, 0.05) is 22.2 Å². The monoisotopic (exact) mass is 635 g/mol. The van der Waals surface area contributed by atoms with Crippen molar-refractivity contribution >= 4 is 40.9 Å². The minimum Gasteiger partial charge on any atom is -0.489 e. The van der Waals surface area contributed by atoms with E-state index in [9.17, 15) is 4.79 Å². The fraction of sp³-hybridized carbons (Fsp3) is 0.194. The lowest BCUT2D eigenvalue weighted by Gasteiger charge is -2.29. The number of halogens is 1. The Kier molecular flexibility index (Phi) is 8.96. The van der Waals surface area contributed by atoms with Crippen LogP contribution in [0.1, 0.15) is 46.3 Å². The van der Waals surface area contributed by atoms with Gasteiger partial charge in [-0.2, -0.15) is 4.98 Å². The lowest BCUT2D eigenvalue weighted by molar-refractivity contribution is -0.113. The number of nitrogens with one attached hydrogen (secondary N) is 2. The molecule has 0 bridgehead atoms. The zero-order chi connectivity index (χ0) is 31.5. The molecule has 1 aliphatic heterocycles. The van der Waals surface area contributed by atoms with Crippen molar-refractivity contribution in [3.05, 3.63) is 141 Å². The summed E-state index contributed by atoms with van der Waals surface area (Å²) in [5.41, 5.74) is 8.37. The van der Waals surface area contributed by atoms with Crippen molar-refractivity contribution < 1.29 is 9.53 Å². The van der Waals surface area contributed by atoms with E-state index in [1.807, 2.05) is 87.5 Å². The fourth-order valence-corrected chi connectivity index (χ4v) is 6.53. The Labute approximate surface area is 272 Å². The summed E-state index contributed by atoms with van der Waals surface area (Å²) in [6, 6.07) is 29.3. The molecule has 0 saturated carbocycles. The first kappa shape index (κ1) is 30.5. The molecule has 228 valence electrons. The molecule has 1 aliphatic rings. The number of thioether (sulfide) groups is 1. The maximum Gasteiger partial charge on any atom is 0.255 e. The number of ether oxygens (including phenoxy) is 1. The predicted octanol–water partition coefficient (Wildman–Crippen LogP) is 8.66. The number of carbonyl (C=O) groups is 1. The number of amides is 1. The summed E-state index contributed by atoms with van der Waals surface area (Å²) in [6.07, 6.45) is 0. The number of fused-ring (bicyclic) bond motifs is 1. The zero-order valence-electron chi connectivity index (χ0n) is 25.6. The molecule has 45 heavy (non-hydrogen) atoms. The van der Waals surface area contributed by atoms with Gasteiger partial charge in [-0.1, -0.05) is 101 Å². The second-order valence-electron chi connectivity index (χ2n) is 11.2. The highest BCUT2D eigenvalue weighted by Crippen LogP contribution is 2.38. The average Bonchev–Trinajstić information content (AvgIpc) is 3.43. The van der Waals surface area contributed by atoms with Gasteiger partial charge < -0.3 is 15.4 Å². The van der Waals surface area contributed by atoms with E-state index in [1.165, 1.54) is 17.3 Å². The van der Waals surface area contributed by atoms with Crippen molar-refractivity contribution in [3.8, 4) is 5.75 Å². The van der Waals surface area contributed by atoms with E-state index in [4.69, 9.17) is 26.4 Å². The number of allylic oxidation sites excluding steroid dienone is 1. The Morgan fingerprint density at radius 2 is 1.73 bits per heavy atom. The molecule has 2 heterocycles. The SMILES string of the molecule is CC1=C(C(=O)Nc2ccc(C)cc2C)C(c2ccc(OCc3cccc(C)c3)cc2)n2nc(SCc3ccccc3Cl)nc2N1. The van der Waals surface area contributed by atoms with Gasteiger partial charge in [-0.3, -0.25) is 4.79 Å². The summed E-state index contributed by atoms with van der Waals surface area (Å²) in [7, 11) is 0. The molecule has 1 atom stereocenters. The summed E-state index contributed by atoms with van der Waals surface area (Å²) in [5.74, 6) is 1.73. The quantitative estimate of drug-likeness (QED) is 0.158. The van der Waals surface area contributed by atoms with Gasteiger partial charge in [-0.25, -0.2) is 4.68 Å². The Balaban J connectivity index is 1.30. The van der Waals surface area contributed by atoms with Crippen molar-refractivity contribution in [2.45, 2.75) is 51.3 Å². The van der Waals surface area contributed by atoms with Gasteiger partial charge in [0.15, 0.2) is 0 Å². The van der Waals surface area contributed by atoms with Crippen molar-refractivity contribution in [3.63, 3.8) is 0 Å². The van der Waals surface area contributed by atoms with Gasteiger partial charge in [-0.05, 0) is 74.2 Å². The highest BCUT2D eigenvalue weighted by Gasteiger charge is 2.34. The van der Waals surface area contributed by atoms with Crippen LogP contribution >= 0.6 is 23.4 Å². The molecule has 2 N–H and O–H groups in total. The number of carbonyl (C=O) groups excluding carboxylic acids is 1. The van der Waals surface area contributed by atoms with Gasteiger partial charge in [0.05, 0.1) is 5.57 Å². The highest BCUT2D eigenvalue weighted by atomic mass is 35.5. The van der Waals surface area contributed by atoms with Crippen molar-refractivity contribution in [1.82, 2.24) is 14.8 Å². The van der Waals surface area contributed by atoms with Crippen LogP contribution in [0, 0.1) is 20.8 Å². The molecule has 1 unspecified atom stereocenters. The van der Waals surface area contributed by atoms with Gasteiger partial charge in [0.25, 0.3) is 5.91 Å². The topological polar surface area (TPSA) is 81.1 Å². The molecule has 0 spiro atoms. The number of benzene rings is 4. The Hall–Kier alpha value is -4.53. The van der Waals surface area contributed by atoms with Crippen LogP contribution in [0.15, 0.2) is 107 Å². The third-order valence-electron chi connectivity index (χ3n) is 7.71. The molecule has 0 fully saturated rings. The number of rotatable bonds is 9. The molecule has 0 aliphatic carbocycles. The number of aromatic nitrogens is 3. The second-order valence-corrected chi connectivity index (χ2v) is 12.6. The standard InChI is InChI=1S/C36H34ClN5O2S/c1-22-8-7-9-26(19-22)20-44-29-15-13-27(14-16-29)33-32(34(43)39-31-17-12-23(2)18-24(31)3)25(4)38-35-40-36(41-42(33)35)45-21-28-10-5-6-11-30(28)37/h5-19,33H,20-21H2,1-4H3,(H,39,43)(H,38,40,41). The van der Waals surface area contributed by atoms with E-state index in [-0.39, 0.29) is 5.91 Å². The van der Waals surface area contributed by atoms with Crippen LogP contribution in [-0.2, 0) is 17.2 Å². The maximum atomic E-state index is 14.0. The van der Waals surface area contributed by atoms with Crippen LogP contribution in [0.25, 0.3) is 0 Å². The van der Waals surface area contributed by atoms with Gasteiger partial charge in [0.2, 0.25) is 11.1 Å². The minimum atomic E-state index is -0.514. The Morgan fingerprint density at radius 3 is 2.49 bits per heavy atom. The van der Waals surface area contributed by atoms with E-state index in [1.54, 1.807) is 4.68 Å². The summed E-state index contributed by atoms with van der Waals surface area (Å²) in [4.78, 5) is 18.8. The van der Waals surface area contributed by atoms with Crippen LogP contribution in [0.4, 0.5) is 11.6 Å². The Bertz CT molecular complexity index is 1900. The van der Waals surface area contributed by atoms with Crippen LogP contribution in [-0.4, -0.2) is 20.7 Å². The van der Waals surface area contributed by atoms with Crippen molar-refractivity contribution in [1.29, 1.82) is 0 Å². The van der Waals surface area contributed by atoms with Crippen molar-refractivity contribution in [2.24, 2.45) is 0 Å². The second kappa shape index (κ2) is 13.2. The van der Waals surface area contributed by atoms with E-state index in [0.717, 1.165) is 39.3 Å². The van der Waals surface area contributed by atoms with Gasteiger partial charge >= 0.3 is 0 Å². The number of hydrogen-bond donors (Lipinski definition) is 2. The number of nitrogens with zero attached hydrogens (tertiary/aromatic N) is 3. The molecular formula is C36H34ClN5O2S. The molecule has 1 amide bonds. The summed E-state index contributed by atoms with van der Waals surface area (Å²) in [6.45, 7) is 8.47. The maximum absolute atomic E-state index is 14.0. The summed E-state index contributed by atoms with van der Waals surface area (Å²) < 4.78 is 7.88. The van der Waals surface area contributed by atoms with Crippen LogP contribution < -0.4 is 15.4 Å². The molecule has 5 aromatic rings. The highest BCUT2D eigenvalue weighted by molar-refractivity contribution is 7.98. The van der Waals surface area contributed by atoms with Crippen LogP contribution in [0.2, 0.25) is 5.02 Å². The van der Waals surface area contributed by atoms with E-state index < -0.39 is 6.04 Å². The number of aryl methyl sites for hydroxylation is 3. The third kappa shape index (κ3) is 6.92. The minimum absolute atomic E-state index is 0.205. The molecule has 1 aromatic heterocycles. The third-order valence-corrected chi connectivity index (χ3v) is 8.96. The lowest BCUT2D eigenvalue weighted by Crippen LogP contribution is -2.31. The lowest BCUT2D eigenvalue weighted by atomic mass is 9.94. The molecule has 9 heteroatoms. The van der Waals surface area contributed by atoms with Gasteiger partial charge in [0.1, 0.15) is 18.4 Å². The average molecular weight is 636 g/mol. The number of hydrogen-bond acceptors (Lipinski definition) is 6. The van der Waals surface area contributed by atoms with E-state index in [2.05, 4.69) is 41.8 Å². The predicted molar refractivity (Wildman–Crippen MR) is 182 cm³/mol. The first-order chi connectivity index (χ1) is 21.7. The Morgan fingerprint density at radius 1 is 0.956 bits per heavy atom. The first-order valence-electron chi connectivity index (χ1n) is 14.7. The van der Waals surface area contributed by atoms with E-state index in [0.29, 0.717) is 39.8 Å². The van der Waals surface area contributed by atoms with Gasteiger partial charge in [-0.15, -0.1) is 5.10 Å².